The SMILES string of the molecule is C=C[C@@H](CCC)[C@H](O)c1ccccc1. The quantitative estimate of drug-likeness (QED) is 0.706. The molecule has 1 aromatic rings. The van der Waals surface area contributed by atoms with Crippen molar-refractivity contribution in [2.75, 3.05) is 0 Å². The minimum Gasteiger partial charge on any atom is -0.388 e. The zero-order valence-electron chi connectivity index (χ0n) is 8.69. The van der Waals surface area contributed by atoms with Gasteiger partial charge in [0.15, 0.2) is 0 Å². The molecule has 1 aromatic carbocycles. The van der Waals surface area contributed by atoms with Crippen molar-refractivity contribution in [3.63, 3.8) is 0 Å². The van der Waals surface area contributed by atoms with Crippen LogP contribution in [0.25, 0.3) is 0 Å². The highest BCUT2D eigenvalue weighted by Crippen LogP contribution is 2.26. The van der Waals surface area contributed by atoms with Gasteiger partial charge in [-0.15, -0.1) is 6.58 Å². The average molecular weight is 190 g/mol. The van der Waals surface area contributed by atoms with Gasteiger partial charge in [-0.05, 0) is 12.0 Å². The molecular formula is C13H18O. The number of hydrogen-bond acceptors (Lipinski definition) is 1. The van der Waals surface area contributed by atoms with Crippen LogP contribution in [-0.4, -0.2) is 5.11 Å². The highest BCUT2D eigenvalue weighted by atomic mass is 16.3. The third-order valence-corrected chi connectivity index (χ3v) is 2.47. The molecule has 0 saturated heterocycles. The number of aliphatic hydroxyl groups is 1. The largest absolute Gasteiger partial charge is 0.388 e. The van der Waals surface area contributed by atoms with E-state index < -0.39 is 6.10 Å². The zero-order chi connectivity index (χ0) is 10.4. The van der Waals surface area contributed by atoms with Crippen LogP contribution in [0.4, 0.5) is 0 Å². The van der Waals surface area contributed by atoms with E-state index in [2.05, 4.69) is 13.5 Å². The molecule has 0 unspecified atom stereocenters. The van der Waals surface area contributed by atoms with Crippen LogP contribution in [0.5, 0.6) is 0 Å². The molecule has 0 amide bonds. The van der Waals surface area contributed by atoms with E-state index in [0.29, 0.717) is 0 Å². The number of aliphatic hydroxyl groups excluding tert-OH is 1. The molecule has 1 heteroatoms. The van der Waals surface area contributed by atoms with Gasteiger partial charge in [-0.25, -0.2) is 0 Å². The highest BCUT2D eigenvalue weighted by molar-refractivity contribution is 5.18. The first-order chi connectivity index (χ1) is 6.79. The van der Waals surface area contributed by atoms with Crippen molar-refractivity contribution in [1.82, 2.24) is 0 Å². The Morgan fingerprint density at radius 3 is 2.50 bits per heavy atom. The Balaban J connectivity index is 2.72. The summed E-state index contributed by atoms with van der Waals surface area (Å²) < 4.78 is 0. The lowest BCUT2D eigenvalue weighted by molar-refractivity contribution is 0.126. The second-order valence-corrected chi connectivity index (χ2v) is 3.54. The molecule has 1 nitrogen and oxygen atoms in total. The van der Waals surface area contributed by atoms with Crippen LogP contribution in [0.3, 0.4) is 0 Å². The molecule has 0 bridgehead atoms. The summed E-state index contributed by atoms with van der Waals surface area (Å²) in [6.45, 7) is 5.89. The Labute approximate surface area is 86.1 Å². The van der Waals surface area contributed by atoms with E-state index in [0.717, 1.165) is 18.4 Å². The van der Waals surface area contributed by atoms with Crippen molar-refractivity contribution < 1.29 is 5.11 Å². The summed E-state index contributed by atoms with van der Waals surface area (Å²) in [5, 5.41) is 10.0. The lowest BCUT2D eigenvalue weighted by Crippen LogP contribution is -2.09. The predicted molar refractivity (Wildman–Crippen MR) is 60.0 cm³/mol. The molecular weight excluding hydrogens is 172 g/mol. The zero-order valence-corrected chi connectivity index (χ0v) is 8.69. The van der Waals surface area contributed by atoms with Crippen molar-refractivity contribution in [3.8, 4) is 0 Å². The van der Waals surface area contributed by atoms with Crippen LogP contribution in [0, 0.1) is 5.92 Å². The molecule has 0 fully saturated rings. The van der Waals surface area contributed by atoms with Gasteiger partial charge in [-0.1, -0.05) is 49.8 Å². The van der Waals surface area contributed by atoms with Crippen molar-refractivity contribution in [2.45, 2.75) is 25.9 Å². The molecule has 1 rings (SSSR count). The first-order valence-electron chi connectivity index (χ1n) is 5.15. The van der Waals surface area contributed by atoms with Gasteiger partial charge in [0.25, 0.3) is 0 Å². The van der Waals surface area contributed by atoms with Crippen LogP contribution in [0.2, 0.25) is 0 Å². The molecule has 2 atom stereocenters. The summed E-state index contributed by atoms with van der Waals surface area (Å²) in [6.07, 6.45) is 3.50. The molecule has 0 aliphatic heterocycles. The summed E-state index contributed by atoms with van der Waals surface area (Å²) in [6, 6.07) is 9.77. The smallest absolute Gasteiger partial charge is 0.0852 e. The number of benzene rings is 1. The average Bonchev–Trinajstić information content (AvgIpc) is 2.26. The van der Waals surface area contributed by atoms with Gasteiger partial charge in [0.1, 0.15) is 0 Å². The monoisotopic (exact) mass is 190 g/mol. The molecule has 0 aromatic heterocycles. The van der Waals surface area contributed by atoms with Crippen LogP contribution in [-0.2, 0) is 0 Å². The van der Waals surface area contributed by atoms with Crippen molar-refractivity contribution in [1.29, 1.82) is 0 Å². The number of rotatable bonds is 5. The lowest BCUT2D eigenvalue weighted by atomic mass is 9.92. The van der Waals surface area contributed by atoms with Crippen LogP contribution < -0.4 is 0 Å². The second kappa shape index (κ2) is 5.61. The van der Waals surface area contributed by atoms with E-state index in [1.54, 1.807) is 0 Å². The Kier molecular flexibility index (Phi) is 4.41. The molecule has 0 aliphatic carbocycles. The van der Waals surface area contributed by atoms with Crippen molar-refractivity contribution in [3.05, 3.63) is 48.6 Å². The second-order valence-electron chi connectivity index (χ2n) is 3.54. The Morgan fingerprint density at radius 1 is 1.36 bits per heavy atom. The van der Waals surface area contributed by atoms with Gasteiger partial charge in [0, 0.05) is 5.92 Å². The van der Waals surface area contributed by atoms with Gasteiger partial charge in [0.05, 0.1) is 6.10 Å². The fraction of sp³-hybridized carbons (Fsp3) is 0.385. The van der Waals surface area contributed by atoms with E-state index in [9.17, 15) is 5.11 Å². The van der Waals surface area contributed by atoms with E-state index in [-0.39, 0.29) is 5.92 Å². The molecule has 0 spiro atoms. The summed E-state index contributed by atoms with van der Waals surface area (Å²) in [7, 11) is 0. The molecule has 0 saturated carbocycles. The molecule has 14 heavy (non-hydrogen) atoms. The summed E-state index contributed by atoms with van der Waals surface area (Å²) in [5.74, 6) is 0.169. The summed E-state index contributed by atoms with van der Waals surface area (Å²) in [5.41, 5.74) is 0.978. The van der Waals surface area contributed by atoms with Crippen molar-refractivity contribution >= 4 is 0 Å². The fourth-order valence-electron chi connectivity index (χ4n) is 1.64. The van der Waals surface area contributed by atoms with Gasteiger partial charge < -0.3 is 5.11 Å². The third kappa shape index (κ3) is 2.71. The highest BCUT2D eigenvalue weighted by Gasteiger charge is 2.16. The Hall–Kier alpha value is -1.08. The fourth-order valence-corrected chi connectivity index (χ4v) is 1.64. The first-order valence-corrected chi connectivity index (χ1v) is 5.15. The minimum atomic E-state index is -0.409. The van der Waals surface area contributed by atoms with Gasteiger partial charge in [-0.2, -0.15) is 0 Å². The maximum atomic E-state index is 10.0. The number of hydrogen-bond donors (Lipinski definition) is 1. The molecule has 0 heterocycles. The first kappa shape index (κ1) is 11.0. The summed E-state index contributed by atoms with van der Waals surface area (Å²) >= 11 is 0. The topological polar surface area (TPSA) is 20.2 Å². The molecule has 76 valence electrons. The van der Waals surface area contributed by atoms with E-state index >= 15 is 0 Å². The van der Waals surface area contributed by atoms with E-state index in [1.807, 2.05) is 36.4 Å². The van der Waals surface area contributed by atoms with Gasteiger partial charge in [0.2, 0.25) is 0 Å². The van der Waals surface area contributed by atoms with E-state index in [4.69, 9.17) is 0 Å². The normalized spacial score (nSPS) is 14.7. The van der Waals surface area contributed by atoms with Gasteiger partial charge >= 0.3 is 0 Å². The maximum Gasteiger partial charge on any atom is 0.0852 e. The Morgan fingerprint density at radius 2 is 2.00 bits per heavy atom. The predicted octanol–water partition coefficient (Wildman–Crippen LogP) is 3.32. The van der Waals surface area contributed by atoms with Crippen LogP contribution >= 0.6 is 0 Å². The van der Waals surface area contributed by atoms with Crippen LogP contribution in [0.1, 0.15) is 31.4 Å². The summed E-state index contributed by atoms with van der Waals surface area (Å²) in [4.78, 5) is 0. The minimum absolute atomic E-state index is 0.169. The third-order valence-electron chi connectivity index (χ3n) is 2.47. The van der Waals surface area contributed by atoms with E-state index in [1.165, 1.54) is 0 Å². The Bertz CT molecular complexity index is 266. The molecule has 0 aliphatic rings. The maximum absolute atomic E-state index is 10.0. The van der Waals surface area contributed by atoms with Crippen molar-refractivity contribution in [2.24, 2.45) is 5.92 Å². The van der Waals surface area contributed by atoms with Gasteiger partial charge in [-0.3, -0.25) is 0 Å². The van der Waals surface area contributed by atoms with Crippen LogP contribution in [0.15, 0.2) is 43.0 Å². The molecule has 1 N–H and O–H groups in total. The molecule has 0 radical (unpaired) electrons. The standard InChI is InChI=1S/C13H18O/c1-3-8-11(4-2)13(14)12-9-6-5-7-10-12/h4-7,9-11,13-14H,2-3,8H2,1H3/t11-,13-/m0/s1. The lowest BCUT2D eigenvalue weighted by Gasteiger charge is -2.19.